The predicted octanol–water partition coefficient (Wildman–Crippen LogP) is 1.17. The van der Waals surface area contributed by atoms with Gasteiger partial charge in [-0.05, 0) is 63.7 Å². The normalized spacial score (nSPS) is 37.2. The summed E-state index contributed by atoms with van der Waals surface area (Å²) < 4.78 is 0. The van der Waals surface area contributed by atoms with Crippen LogP contribution in [-0.4, -0.2) is 71.5 Å². The van der Waals surface area contributed by atoms with Gasteiger partial charge in [0.2, 0.25) is 0 Å². The van der Waals surface area contributed by atoms with Crippen LogP contribution in [0.5, 0.6) is 0 Å². The van der Waals surface area contributed by atoms with E-state index in [1.165, 1.54) is 12.8 Å². The van der Waals surface area contributed by atoms with Crippen molar-refractivity contribution in [2.24, 2.45) is 11.8 Å². The third kappa shape index (κ3) is 4.69. The van der Waals surface area contributed by atoms with Crippen LogP contribution in [0.4, 0.5) is 0 Å². The zero-order valence-electron chi connectivity index (χ0n) is 13.2. The highest BCUT2D eigenvalue weighted by atomic mass is 16.3. The molecule has 2 saturated heterocycles. The summed E-state index contributed by atoms with van der Waals surface area (Å²) in [5, 5.41) is 19.8. The van der Waals surface area contributed by atoms with E-state index in [4.69, 9.17) is 0 Å². The van der Waals surface area contributed by atoms with Crippen molar-refractivity contribution in [1.29, 1.82) is 0 Å². The van der Waals surface area contributed by atoms with Gasteiger partial charge in [0.1, 0.15) is 0 Å². The van der Waals surface area contributed by atoms with Gasteiger partial charge in [-0.3, -0.25) is 0 Å². The van der Waals surface area contributed by atoms with Crippen molar-refractivity contribution in [2.45, 2.75) is 51.7 Å². The van der Waals surface area contributed by atoms with Gasteiger partial charge in [-0.15, -0.1) is 0 Å². The van der Waals surface area contributed by atoms with Gasteiger partial charge >= 0.3 is 0 Å². The molecule has 2 aliphatic heterocycles. The Morgan fingerprint density at radius 3 is 1.55 bits per heavy atom. The second-order valence-corrected chi connectivity index (χ2v) is 6.97. The monoisotopic (exact) mass is 284 g/mol. The maximum atomic E-state index is 9.88. The first-order valence-electron chi connectivity index (χ1n) is 8.37. The van der Waals surface area contributed by atoms with Crippen LogP contribution in [0.2, 0.25) is 0 Å². The van der Waals surface area contributed by atoms with Crippen molar-refractivity contribution in [3.05, 3.63) is 0 Å². The van der Waals surface area contributed by atoms with Gasteiger partial charge in [0.25, 0.3) is 0 Å². The summed E-state index contributed by atoms with van der Waals surface area (Å²) in [5.74, 6) is 0.922. The van der Waals surface area contributed by atoms with Crippen LogP contribution < -0.4 is 0 Å². The molecule has 0 spiro atoms. The lowest BCUT2D eigenvalue weighted by atomic mass is 9.95. The molecule has 0 amide bonds. The third-order valence-corrected chi connectivity index (χ3v) is 5.20. The predicted molar refractivity (Wildman–Crippen MR) is 81.7 cm³/mol. The number of likely N-dealkylation sites (tertiary alicyclic amines) is 2. The molecule has 0 aliphatic carbocycles. The molecule has 0 aromatic carbocycles. The summed E-state index contributed by atoms with van der Waals surface area (Å²) in [7, 11) is 0. The average Bonchev–Trinajstić information content (AvgIpc) is 2.42. The molecule has 118 valence electrons. The summed E-state index contributed by atoms with van der Waals surface area (Å²) in [6.45, 7) is 10.5. The first kappa shape index (κ1) is 16.2. The minimum Gasteiger partial charge on any atom is -0.392 e. The van der Waals surface area contributed by atoms with E-state index >= 15 is 0 Å². The first-order valence-corrected chi connectivity index (χ1v) is 8.37. The Morgan fingerprint density at radius 1 is 0.800 bits per heavy atom. The number of piperidine rings is 2. The second-order valence-electron chi connectivity index (χ2n) is 6.97. The fourth-order valence-electron chi connectivity index (χ4n) is 3.31. The van der Waals surface area contributed by atoms with Crippen molar-refractivity contribution in [3.63, 3.8) is 0 Å². The topological polar surface area (TPSA) is 46.9 Å². The van der Waals surface area contributed by atoms with E-state index in [0.717, 1.165) is 52.1 Å². The Balaban J connectivity index is 1.55. The molecule has 2 aliphatic rings. The van der Waals surface area contributed by atoms with Gasteiger partial charge in [-0.2, -0.15) is 0 Å². The Labute approximate surface area is 123 Å². The average molecular weight is 284 g/mol. The summed E-state index contributed by atoms with van der Waals surface area (Å²) in [6.07, 6.45) is 4.37. The van der Waals surface area contributed by atoms with E-state index in [0.29, 0.717) is 11.8 Å². The molecule has 4 nitrogen and oxygen atoms in total. The molecule has 0 saturated carbocycles. The highest BCUT2D eigenvalue weighted by Gasteiger charge is 2.25. The van der Waals surface area contributed by atoms with E-state index in [1.807, 2.05) is 0 Å². The molecule has 20 heavy (non-hydrogen) atoms. The number of hydrogen-bond acceptors (Lipinski definition) is 4. The Bertz CT molecular complexity index is 260. The fourth-order valence-corrected chi connectivity index (χ4v) is 3.31. The Hall–Kier alpha value is -0.160. The molecule has 2 fully saturated rings. The lowest BCUT2D eigenvalue weighted by Crippen LogP contribution is -2.44. The number of rotatable bonds is 5. The third-order valence-electron chi connectivity index (χ3n) is 5.20. The summed E-state index contributed by atoms with van der Waals surface area (Å²) in [4.78, 5) is 4.80. The fraction of sp³-hybridized carbons (Fsp3) is 1.00. The van der Waals surface area contributed by atoms with E-state index in [9.17, 15) is 10.2 Å². The van der Waals surface area contributed by atoms with Crippen LogP contribution in [0.3, 0.4) is 0 Å². The molecule has 0 aromatic heterocycles. The minimum absolute atomic E-state index is 0.137. The van der Waals surface area contributed by atoms with Crippen LogP contribution in [0.25, 0.3) is 0 Å². The van der Waals surface area contributed by atoms with Gasteiger partial charge in [-0.25, -0.2) is 0 Å². The summed E-state index contributed by atoms with van der Waals surface area (Å²) >= 11 is 0. The molecule has 4 unspecified atom stereocenters. The van der Waals surface area contributed by atoms with E-state index in [1.54, 1.807) is 0 Å². The molecule has 0 radical (unpaired) electrons. The van der Waals surface area contributed by atoms with Gasteiger partial charge in [-0.1, -0.05) is 13.8 Å². The van der Waals surface area contributed by atoms with Crippen molar-refractivity contribution in [2.75, 3.05) is 39.3 Å². The van der Waals surface area contributed by atoms with Crippen molar-refractivity contribution >= 4 is 0 Å². The number of aliphatic hydroxyl groups is 2. The van der Waals surface area contributed by atoms with Crippen molar-refractivity contribution in [1.82, 2.24) is 9.80 Å². The maximum Gasteiger partial charge on any atom is 0.0693 e. The van der Waals surface area contributed by atoms with E-state index in [2.05, 4.69) is 23.6 Å². The molecule has 0 aromatic rings. The highest BCUT2D eigenvalue weighted by molar-refractivity contribution is 4.78. The summed E-state index contributed by atoms with van der Waals surface area (Å²) in [5.41, 5.74) is 0. The van der Waals surface area contributed by atoms with E-state index < -0.39 is 0 Å². The number of aliphatic hydroxyl groups excluding tert-OH is 2. The number of unbranched alkanes of at least 4 members (excludes halogenated alkanes) is 1. The molecule has 4 heteroatoms. The van der Waals surface area contributed by atoms with Crippen LogP contribution in [0.15, 0.2) is 0 Å². The van der Waals surface area contributed by atoms with Gasteiger partial charge in [0, 0.05) is 13.1 Å². The lowest BCUT2D eigenvalue weighted by Gasteiger charge is -2.35. The van der Waals surface area contributed by atoms with Crippen LogP contribution in [-0.2, 0) is 0 Å². The molecular formula is C16H32N2O2. The zero-order valence-corrected chi connectivity index (χ0v) is 13.2. The van der Waals surface area contributed by atoms with Crippen molar-refractivity contribution in [3.8, 4) is 0 Å². The Kier molecular flexibility index (Phi) is 6.27. The number of hydrogen-bond donors (Lipinski definition) is 2. The van der Waals surface area contributed by atoms with Crippen LogP contribution in [0.1, 0.15) is 39.5 Å². The standard InChI is InChI=1S/C16H32N2O2/c1-13-5-9-17(11-15(13)19)7-3-4-8-18-10-6-14(2)16(20)12-18/h13-16,19-20H,3-12H2,1-2H3. The molecule has 2 heterocycles. The molecule has 0 bridgehead atoms. The SMILES string of the molecule is CC1CCN(CCCCN2CCC(C)C(O)C2)CC1O. The number of β-amino-alcohol motifs (C(OH)–C–C–N with tert-alkyl or cyclic N) is 2. The number of nitrogens with zero attached hydrogens (tertiary/aromatic N) is 2. The molecule has 2 rings (SSSR count). The minimum atomic E-state index is -0.137. The van der Waals surface area contributed by atoms with Crippen LogP contribution in [0, 0.1) is 11.8 Å². The van der Waals surface area contributed by atoms with Gasteiger partial charge < -0.3 is 20.0 Å². The van der Waals surface area contributed by atoms with Gasteiger partial charge in [0.15, 0.2) is 0 Å². The first-order chi connectivity index (χ1) is 9.56. The quantitative estimate of drug-likeness (QED) is 0.744. The Morgan fingerprint density at radius 2 is 1.20 bits per heavy atom. The lowest BCUT2D eigenvalue weighted by molar-refractivity contribution is 0.0228. The van der Waals surface area contributed by atoms with Gasteiger partial charge in [0.05, 0.1) is 12.2 Å². The molecular weight excluding hydrogens is 252 g/mol. The largest absolute Gasteiger partial charge is 0.392 e. The maximum absolute atomic E-state index is 9.88. The van der Waals surface area contributed by atoms with Crippen LogP contribution >= 0.6 is 0 Å². The zero-order chi connectivity index (χ0) is 14.5. The molecule has 2 N–H and O–H groups in total. The molecule has 4 atom stereocenters. The van der Waals surface area contributed by atoms with Crippen molar-refractivity contribution < 1.29 is 10.2 Å². The van der Waals surface area contributed by atoms with E-state index in [-0.39, 0.29) is 12.2 Å². The smallest absolute Gasteiger partial charge is 0.0693 e. The highest BCUT2D eigenvalue weighted by Crippen LogP contribution is 2.19. The second kappa shape index (κ2) is 7.74. The summed E-state index contributed by atoms with van der Waals surface area (Å²) in [6, 6.07) is 0.